The van der Waals surface area contributed by atoms with Crippen LogP contribution in [0, 0.1) is 0 Å². The number of carbonyl (C=O) groups excluding carboxylic acids is 3. The minimum Gasteiger partial charge on any atom is -0.497 e. The molecule has 0 radical (unpaired) electrons. The minimum absolute atomic E-state index is 0.160. The van der Waals surface area contributed by atoms with Crippen LogP contribution in [0.5, 0.6) is 5.75 Å². The highest BCUT2D eigenvalue weighted by atomic mass is 32.2. The van der Waals surface area contributed by atoms with Crippen LogP contribution in [0.1, 0.15) is 44.2 Å². The number of benzene rings is 1. The first-order valence-electron chi connectivity index (χ1n) is 10.6. The van der Waals surface area contributed by atoms with Gasteiger partial charge in [0.2, 0.25) is 0 Å². The molecule has 31 heavy (non-hydrogen) atoms. The number of ether oxygens (including phenoxy) is 1. The molecule has 0 atom stereocenters. The number of amides is 3. The number of nitrogens with zero attached hydrogens (tertiary/aromatic N) is 2. The van der Waals surface area contributed by atoms with Gasteiger partial charge < -0.3 is 4.74 Å². The number of hydrogen-bond acceptors (Lipinski definition) is 6. The van der Waals surface area contributed by atoms with Crippen LogP contribution in [-0.4, -0.2) is 54.2 Å². The van der Waals surface area contributed by atoms with Crippen LogP contribution in [0.4, 0.5) is 10.5 Å². The summed E-state index contributed by atoms with van der Waals surface area (Å²) in [4.78, 5) is 42.3. The van der Waals surface area contributed by atoms with E-state index in [1.54, 1.807) is 18.1 Å². The summed E-state index contributed by atoms with van der Waals surface area (Å²) in [5.41, 5.74) is 3.30. The number of thioether (sulfide) groups is 1. The summed E-state index contributed by atoms with van der Waals surface area (Å²) in [6, 6.07) is 3.78. The van der Waals surface area contributed by atoms with Gasteiger partial charge in [-0.2, -0.15) is 0 Å². The van der Waals surface area contributed by atoms with E-state index in [4.69, 9.17) is 4.74 Å². The summed E-state index contributed by atoms with van der Waals surface area (Å²) in [7, 11) is 1.59. The van der Waals surface area contributed by atoms with Gasteiger partial charge in [0.05, 0.1) is 28.8 Å². The Balaban J connectivity index is 1.70. The molecule has 3 amide bonds. The number of piperidine rings is 1. The maximum atomic E-state index is 13.6. The molecule has 2 saturated heterocycles. The number of nitrogens with one attached hydrogen (secondary N) is 1. The number of likely N-dealkylation sites (tertiary alicyclic amines) is 1. The van der Waals surface area contributed by atoms with Crippen LogP contribution in [0.15, 0.2) is 23.1 Å². The van der Waals surface area contributed by atoms with Gasteiger partial charge in [0, 0.05) is 17.7 Å². The highest BCUT2D eigenvalue weighted by Gasteiger charge is 2.48. The van der Waals surface area contributed by atoms with Crippen molar-refractivity contribution in [3.8, 4) is 5.75 Å². The zero-order chi connectivity index (χ0) is 21.9. The maximum Gasteiger partial charge on any atom is 0.290 e. The van der Waals surface area contributed by atoms with Crippen molar-refractivity contribution in [2.75, 3.05) is 31.6 Å². The second-order valence-corrected chi connectivity index (χ2v) is 9.90. The van der Waals surface area contributed by atoms with E-state index in [2.05, 4.69) is 16.3 Å². The molecule has 0 spiro atoms. The Morgan fingerprint density at radius 1 is 1.10 bits per heavy atom. The molecule has 0 unspecified atom stereocenters. The lowest BCUT2D eigenvalue weighted by atomic mass is 9.87. The van der Waals surface area contributed by atoms with E-state index in [9.17, 15) is 14.4 Å². The molecule has 1 aromatic rings. The Labute approximate surface area is 185 Å². The third kappa shape index (κ3) is 3.20. The average molecular weight is 440 g/mol. The summed E-state index contributed by atoms with van der Waals surface area (Å²) < 4.78 is 5.56. The van der Waals surface area contributed by atoms with Gasteiger partial charge in [-0.15, -0.1) is 0 Å². The normalized spacial score (nSPS) is 24.9. The van der Waals surface area contributed by atoms with Crippen molar-refractivity contribution in [1.29, 1.82) is 0 Å². The molecular weight excluding hydrogens is 414 g/mol. The van der Waals surface area contributed by atoms with E-state index < -0.39 is 16.7 Å². The zero-order valence-corrected chi connectivity index (χ0v) is 18.7. The first kappa shape index (κ1) is 20.3. The number of hydrogen-bond donors (Lipinski definition) is 1. The van der Waals surface area contributed by atoms with E-state index in [0.717, 1.165) is 48.2 Å². The molecule has 0 aromatic heterocycles. The minimum atomic E-state index is -0.565. The summed E-state index contributed by atoms with van der Waals surface area (Å²) in [6.07, 6.45) is 5.83. The Kier molecular flexibility index (Phi) is 4.75. The number of anilines is 1. The van der Waals surface area contributed by atoms with Crippen LogP contribution in [0.3, 0.4) is 0 Å². The molecule has 7 nitrogen and oxygen atoms in total. The third-order valence-corrected chi connectivity index (χ3v) is 7.25. The topological polar surface area (TPSA) is 78.9 Å². The van der Waals surface area contributed by atoms with Crippen LogP contribution in [0.25, 0.3) is 11.1 Å². The second-order valence-electron chi connectivity index (χ2n) is 8.92. The van der Waals surface area contributed by atoms with Gasteiger partial charge in [0.25, 0.3) is 17.1 Å². The smallest absolute Gasteiger partial charge is 0.290 e. The molecule has 2 fully saturated rings. The van der Waals surface area contributed by atoms with E-state index in [-0.39, 0.29) is 16.4 Å². The van der Waals surface area contributed by atoms with E-state index in [1.165, 1.54) is 19.3 Å². The number of rotatable bonds is 3. The Morgan fingerprint density at radius 2 is 1.81 bits per heavy atom. The molecule has 4 aliphatic rings. The fraction of sp³-hybridized carbons (Fsp3) is 0.435. The van der Waals surface area contributed by atoms with Gasteiger partial charge in [0.1, 0.15) is 5.75 Å². The van der Waals surface area contributed by atoms with Crippen LogP contribution in [-0.2, 0) is 9.59 Å². The molecule has 5 rings (SSSR count). The van der Waals surface area contributed by atoms with Gasteiger partial charge in [-0.1, -0.05) is 12.5 Å². The van der Waals surface area contributed by atoms with Crippen molar-refractivity contribution >= 4 is 45.6 Å². The predicted molar refractivity (Wildman–Crippen MR) is 121 cm³/mol. The summed E-state index contributed by atoms with van der Waals surface area (Å²) >= 11 is 0.786. The van der Waals surface area contributed by atoms with Gasteiger partial charge in [-0.05, 0) is 69.2 Å². The molecule has 0 bridgehead atoms. The number of imide groups is 1. The first-order valence-corrected chi connectivity index (χ1v) is 11.4. The van der Waals surface area contributed by atoms with Crippen molar-refractivity contribution < 1.29 is 19.1 Å². The molecule has 0 saturated carbocycles. The highest BCUT2D eigenvalue weighted by Crippen LogP contribution is 2.52. The molecule has 1 aromatic carbocycles. The molecule has 0 aliphatic carbocycles. The monoisotopic (exact) mass is 439 g/mol. The number of methoxy groups -OCH3 is 1. The van der Waals surface area contributed by atoms with Crippen molar-refractivity contribution in [3.63, 3.8) is 0 Å². The van der Waals surface area contributed by atoms with E-state index >= 15 is 0 Å². The van der Waals surface area contributed by atoms with Crippen LogP contribution < -0.4 is 15.0 Å². The molecule has 4 aliphatic heterocycles. The molecule has 4 heterocycles. The second kappa shape index (κ2) is 7.24. The third-order valence-electron chi connectivity index (χ3n) is 6.37. The van der Waals surface area contributed by atoms with E-state index in [1.807, 2.05) is 19.9 Å². The summed E-state index contributed by atoms with van der Waals surface area (Å²) in [5.74, 6) is -0.148. The van der Waals surface area contributed by atoms with Crippen molar-refractivity contribution in [1.82, 2.24) is 10.2 Å². The van der Waals surface area contributed by atoms with Gasteiger partial charge >= 0.3 is 0 Å². The Bertz CT molecular complexity index is 1080. The average Bonchev–Trinajstić information content (AvgIpc) is 3.21. The van der Waals surface area contributed by atoms with Crippen LogP contribution >= 0.6 is 11.8 Å². The lowest BCUT2D eigenvalue weighted by Crippen LogP contribution is -2.47. The van der Waals surface area contributed by atoms with Crippen LogP contribution in [0.2, 0.25) is 0 Å². The fourth-order valence-corrected chi connectivity index (χ4v) is 5.81. The van der Waals surface area contributed by atoms with Gasteiger partial charge in [-0.3, -0.25) is 29.5 Å². The maximum absolute atomic E-state index is 13.6. The highest BCUT2D eigenvalue weighted by molar-refractivity contribution is 8.18. The van der Waals surface area contributed by atoms with Crippen molar-refractivity contribution in [2.45, 2.75) is 38.6 Å². The molecular formula is C23H25N3O4S. The molecule has 1 N–H and O–H groups in total. The summed E-state index contributed by atoms with van der Waals surface area (Å²) in [6.45, 7) is 6.98. The Morgan fingerprint density at radius 3 is 2.45 bits per heavy atom. The zero-order valence-electron chi connectivity index (χ0n) is 17.9. The largest absolute Gasteiger partial charge is 0.497 e. The van der Waals surface area contributed by atoms with Gasteiger partial charge in [0.15, 0.2) is 0 Å². The van der Waals surface area contributed by atoms with Crippen molar-refractivity contribution in [2.24, 2.45) is 0 Å². The predicted octanol–water partition coefficient (Wildman–Crippen LogP) is 3.40. The number of carbonyl (C=O) groups is 3. The lowest BCUT2D eigenvalue weighted by molar-refractivity contribution is -0.116. The molecule has 162 valence electrons. The Hall–Kier alpha value is -2.58. The standard InChI is InChI=1S/C23H25N3O4S/c1-23(2)11-13(12-25-7-5-4-6-8-25)15-9-14(30-3)10-16-17(21(28)26(23)18(15)16)19-20(27)24-22(29)31-19/h9-11H,4-8,12H2,1-3H3,(H,24,27,29). The SMILES string of the molecule is COc1cc2c3c(c1)C(=C1SC(=O)NC1=O)C(=O)N3C(C)(C)C=C2CN1CCCCC1. The first-order chi connectivity index (χ1) is 14.8. The molecule has 8 heteroatoms. The van der Waals surface area contributed by atoms with E-state index in [0.29, 0.717) is 11.3 Å². The summed E-state index contributed by atoms with van der Waals surface area (Å²) in [5, 5.41) is 1.82. The van der Waals surface area contributed by atoms with Gasteiger partial charge in [-0.25, -0.2) is 0 Å². The van der Waals surface area contributed by atoms with Crippen molar-refractivity contribution in [3.05, 3.63) is 34.2 Å². The fourth-order valence-electron chi connectivity index (χ4n) is 5.04. The lowest BCUT2D eigenvalue weighted by Gasteiger charge is -2.40. The quantitative estimate of drug-likeness (QED) is 0.728.